The summed E-state index contributed by atoms with van der Waals surface area (Å²) in [6.07, 6.45) is 2.81. The molecule has 1 N–H and O–H groups in total. The number of carbonyl (C=O) groups excluding carboxylic acids is 1. The van der Waals surface area contributed by atoms with Crippen LogP contribution in [0.1, 0.15) is 35.3 Å². The van der Waals surface area contributed by atoms with Gasteiger partial charge in [-0.05, 0) is 42.5 Å². The van der Waals surface area contributed by atoms with E-state index in [1.54, 1.807) is 18.9 Å². The Kier molecular flexibility index (Phi) is 5.90. The van der Waals surface area contributed by atoms with Crippen LogP contribution in [0.2, 0.25) is 0 Å². The van der Waals surface area contributed by atoms with Gasteiger partial charge in [0.15, 0.2) is 0 Å². The number of nitrogens with one attached hydrogen (secondary N) is 1. The molecule has 3 nitrogen and oxygen atoms in total. The number of benzene rings is 2. The molecule has 2 aromatic carbocycles. The first kappa shape index (κ1) is 16.4. The summed E-state index contributed by atoms with van der Waals surface area (Å²) in [6, 6.07) is 15.5. The van der Waals surface area contributed by atoms with Crippen molar-refractivity contribution < 1.29 is 9.53 Å². The van der Waals surface area contributed by atoms with Gasteiger partial charge >= 0.3 is 0 Å². The molecule has 0 saturated carbocycles. The molecule has 2 aromatic rings. The topological polar surface area (TPSA) is 38.3 Å². The average Bonchev–Trinajstić information content (AvgIpc) is 2.59. The van der Waals surface area contributed by atoms with E-state index in [2.05, 4.69) is 12.2 Å². The van der Waals surface area contributed by atoms with Gasteiger partial charge in [0.25, 0.3) is 5.91 Å². The monoisotopic (exact) mass is 315 g/mol. The molecule has 0 unspecified atom stereocenters. The van der Waals surface area contributed by atoms with Crippen LogP contribution < -0.4 is 10.1 Å². The maximum absolute atomic E-state index is 12.5. The van der Waals surface area contributed by atoms with Crippen molar-refractivity contribution in [2.75, 3.05) is 13.4 Å². The van der Waals surface area contributed by atoms with Crippen LogP contribution in [0.3, 0.4) is 0 Å². The summed E-state index contributed by atoms with van der Waals surface area (Å²) in [5, 5.41) is 3.12. The van der Waals surface area contributed by atoms with Crippen LogP contribution in [-0.4, -0.2) is 19.3 Å². The summed E-state index contributed by atoms with van der Waals surface area (Å²) in [6.45, 7) is 2.07. The van der Waals surface area contributed by atoms with Gasteiger partial charge in [0, 0.05) is 4.90 Å². The van der Waals surface area contributed by atoms with Crippen molar-refractivity contribution in [2.45, 2.75) is 24.3 Å². The maximum Gasteiger partial charge on any atom is 0.252 e. The smallest absolute Gasteiger partial charge is 0.252 e. The van der Waals surface area contributed by atoms with Crippen LogP contribution in [-0.2, 0) is 0 Å². The molecule has 0 aliphatic heterocycles. The van der Waals surface area contributed by atoms with Crippen molar-refractivity contribution in [1.29, 1.82) is 0 Å². The first-order chi connectivity index (χ1) is 10.7. The molecule has 1 atom stereocenters. The van der Waals surface area contributed by atoms with Gasteiger partial charge in [-0.1, -0.05) is 31.2 Å². The Hall–Kier alpha value is -1.94. The van der Waals surface area contributed by atoms with Crippen molar-refractivity contribution in [3.8, 4) is 5.75 Å². The second-order valence-corrected chi connectivity index (χ2v) is 5.76. The van der Waals surface area contributed by atoms with Crippen LogP contribution in [0.25, 0.3) is 0 Å². The number of hydrogen-bond donors (Lipinski definition) is 1. The standard InChI is InChI=1S/C18H21NO2S/c1-4-16(13-9-11-14(21-2)12-10-13)19-18(20)15-7-5-6-8-17(15)22-3/h5-12,16H,4H2,1-3H3,(H,19,20)/t16-/m0/s1. The molecular formula is C18H21NO2S. The molecule has 0 aliphatic carbocycles. The summed E-state index contributed by atoms with van der Waals surface area (Å²) in [5.74, 6) is 0.783. The molecule has 22 heavy (non-hydrogen) atoms. The van der Waals surface area contributed by atoms with Gasteiger partial charge in [0.2, 0.25) is 0 Å². The highest BCUT2D eigenvalue weighted by atomic mass is 32.2. The van der Waals surface area contributed by atoms with E-state index in [9.17, 15) is 4.79 Å². The molecule has 4 heteroatoms. The lowest BCUT2D eigenvalue weighted by atomic mass is 10.0. The summed E-state index contributed by atoms with van der Waals surface area (Å²) in [5.41, 5.74) is 1.81. The minimum atomic E-state index is -0.0346. The van der Waals surface area contributed by atoms with E-state index in [-0.39, 0.29) is 11.9 Å². The van der Waals surface area contributed by atoms with Gasteiger partial charge in [-0.2, -0.15) is 0 Å². The predicted molar refractivity (Wildman–Crippen MR) is 91.7 cm³/mol. The maximum atomic E-state index is 12.5. The second-order valence-electron chi connectivity index (χ2n) is 4.91. The molecular weight excluding hydrogens is 294 g/mol. The van der Waals surface area contributed by atoms with Crippen LogP contribution in [0.15, 0.2) is 53.4 Å². The minimum absolute atomic E-state index is 0.00619. The number of amides is 1. The highest BCUT2D eigenvalue weighted by molar-refractivity contribution is 7.98. The molecule has 0 fully saturated rings. The number of rotatable bonds is 6. The Morgan fingerprint density at radius 2 is 1.86 bits per heavy atom. The molecule has 0 radical (unpaired) electrons. The summed E-state index contributed by atoms with van der Waals surface area (Å²) < 4.78 is 5.17. The molecule has 0 spiro atoms. The van der Waals surface area contributed by atoms with E-state index >= 15 is 0 Å². The Morgan fingerprint density at radius 1 is 1.18 bits per heavy atom. The fourth-order valence-corrected chi connectivity index (χ4v) is 2.92. The van der Waals surface area contributed by atoms with Crippen molar-refractivity contribution in [3.63, 3.8) is 0 Å². The molecule has 1 amide bonds. The van der Waals surface area contributed by atoms with Gasteiger partial charge in [-0.3, -0.25) is 4.79 Å². The summed E-state index contributed by atoms with van der Waals surface area (Å²) in [7, 11) is 1.65. The lowest BCUT2D eigenvalue weighted by molar-refractivity contribution is 0.0932. The molecule has 0 bridgehead atoms. The fourth-order valence-electron chi connectivity index (χ4n) is 2.33. The molecule has 0 aromatic heterocycles. The van der Waals surface area contributed by atoms with E-state index in [0.717, 1.165) is 28.2 Å². The number of thioether (sulfide) groups is 1. The van der Waals surface area contributed by atoms with Gasteiger partial charge in [-0.25, -0.2) is 0 Å². The van der Waals surface area contributed by atoms with Crippen LogP contribution >= 0.6 is 11.8 Å². The Bertz CT molecular complexity index is 625. The predicted octanol–water partition coefficient (Wildman–Crippen LogP) is 4.30. The van der Waals surface area contributed by atoms with E-state index in [4.69, 9.17) is 4.74 Å². The lowest BCUT2D eigenvalue weighted by Crippen LogP contribution is -2.28. The zero-order chi connectivity index (χ0) is 15.9. The minimum Gasteiger partial charge on any atom is -0.497 e. The Balaban J connectivity index is 2.16. The van der Waals surface area contributed by atoms with Gasteiger partial charge < -0.3 is 10.1 Å². The summed E-state index contributed by atoms with van der Waals surface area (Å²) in [4.78, 5) is 13.5. The van der Waals surface area contributed by atoms with Crippen molar-refractivity contribution >= 4 is 17.7 Å². The number of ether oxygens (including phenoxy) is 1. The Labute approximate surface area is 136 Å². The fraction of sp³-hybridized carbons (Fsp3) is 0.278. The SMILES string of the molecule is CC[C@H](NC(=O)c1ccccc1SC)c1ccc(OC)cc1. The third-order valence-electron chi connectivity index (χ3n) is 3.58. The average molecular weight is 315 g/mol. The van der Waals surface area contributed by atoms with Crippen LogP contribution in [0.4, 0.5) is 0 Å². The number of methoxy groups -OCH3 is 1. The van der Waals surface area contributed by atoms with Crippen molar-refractivity contribution in [3.05, 3.63) is 59.7 Å². The van der Waals surface area contributed by atoms with Gasteiger partial charge in [-0.15, -0.1) is 11.8 Å². The van der Waals surface area contributed by atoms with E-state index in [1.807, 2.05) is 54.8 Å². The molecule has 0 aliphatic rings. The zero-order valence-electron chi connectivity index (χ0n) is 13.1. The van der Waals surface area contributed by atoms with Crippen LogP contribution in [0.5, 0.6) is 5.75 Å². The second kappa shape index (κ2) is 7.90. The van der Waals surface area contributed by atoms with Gasteiger partial charge in [0.05, 0.1) is 18.7 Å². The van der Waals surface area contributed by atoms with E-state index in [1.165, 1.54) is 0 Å². The largest absolute Gasteiger partial charge is 0.497 e. The van der Waals surface area contributed by atoms with E-state index < -0.39 is 0 Å². The molecule has 116 valence electrons. The summed E-state index contributed by atoms with van der Waals surface area (Å²) >= 11 is 1.58. The molecule has 2 rings (SSSR count). The Morgan fingerprint density at radius 3 is 2.45 bits per heavy atom. The zero-order valence-corrected chi connectivity index (χ0v) is 13.9. The van der Waals surface area contributed by atoms with Crippen molar-refractivity contribution in [1.82, 2.24) is 5.32 Å². The third kappa shape index (κ3) is 3.83. The van der Waals surface area contributed by atoms with E-state index in [0.29, 0.717) is 0 Å². The molecule has 0 heterocycles. The first-order valence-electron chi connectivity index (χ1n) is 7.27. The first-order valence-corrected chi connectivity index (χ1v) is 8.50. The number of carbonyl (C=O) groups is 1. The highest BCUT2D eigenvalue weighted by Gasteiger charge is 2.16. The van der Waals surface area contributed by atoms with Crippen molar-refractivity contribution in [2.24, 2.45) is 0 Å². The molecule has 0 saturated heterocycles. The van der Waals surface area contributed by atoms with Crippen LogP contribution in [0, 0.1) is 0 Å². The number of hydrogen-bond acceptors (Lipinski definition) is 3. The van der Waals surface area contributed by atoms with Gasteiger partial charge in [0.1, 0.15) is 5.75 Å². The lowest BCUT2D eigenvalue weighted by Gasteiger charge is -2.18. The normalized spacial score (nSPS) is 11.8. The third-order valence-corrected chi connectivity index (χ3v) is 4.38. The quantitative estimate of drug-likeness (QED) is 0.808. The highest BCUT2D eigenvalue weighted by Crippen LogP contribution is 2.23.